The second-order valence-electron chi connectivity index (χ2n) is 4.57. The largest absolute Gasteiger partial charge is 0.365 e. The molecule has 2 nitrogen and oxygen atoms in total. The summed E-state index contributed by atoms with van der Waals surface area (Å²) < 4.78 is 0. The van der Waals surface area contributed by atoms with Crippen molar-refractivity contribution in [1.82, 2.24) is 9.97 Å². The Labute approximate surface area is 101 Å². The fourth-order valence-electron chi connectivity index (χ4n) is 2.33. The molecule has 0 saturated heterocycles. The van der Waals surface area contributed by atoms with Gasteiger partial charge in [0.25, 0.3) is 0 Å². The standard InChI is InChI=1S/C15H16N2/c1-3-14(16-7-1)10-12-5-6-13(9-12)11-15-4-2-8-17-15/h1-8,16-17H,9-11H2. The fraction of sp³-hybridized carbons (Fsp3) is 0.200. The lowest BCUT2D eigenvalue weighted by Gasteiger charge is -2.03. The van der Waals surface area contributed by atoms with Gasteiger partial charge in [-0.25, -0.2) is 0 Å². The number of hydrogen-bond acceptors (Lipinski definition) is 0. The van der Waals surface area contributed by atoms with Gasteiger partial charge in [0.15, 0.2) is 0 Å². The molecule has 86 valence electrons. The lowest BCUT2D eigenvalue weighted by atomic mass is 10.0. The van der Waals surface area contributed by atoms with Gasteiger partial charge in [-0.3, -0.25) is 0 Å². The van der Waals surface area contributed by atoms with Crippen LogP contribution in [0.1, 0.15) is 17.8 Å². The molecular formula is C15H16N2. The molecule has 2 N–H and O–H groups in total. The highest BCUT2D eigenvalue weighted by Gasteiger charge is 2.10. The molecule has 0 aliphatic heterocycles. The molecule has 0 atom stereocenters. The molecule has 2 aromatic heterocycles. The molecule has 0 saturated carbocycles. The maximum atomic E-state index is 3.25. The minimum atomic E-state index is 1.04. The van der Waals surface area contributed by atoms with Crippen molar-refractivity contribution in [1.29, 1.82) is 0 Å². The molecule has 17 heavy (non-hydrogen) atoms. The summed E-state index contributed by atoms with van der Waals surface area (Å²) in [7, 11) is 0. The zero-order chi connectivity index (χ0) is 11.5. The summed E-state index contributed by atoms with van der Waals surface area (Å²) in [6.07, 6.45) is 11.7. The van der Waals surface area contributed by atoms with E-state index in [1.165, 1.54) is 22.5 Å². The highest BCUT2D eigenvalue weighted by Crippen LogP contribution is 2.24. The lowest BCUT2D eigenvalue weighted by molar-refractivity contribution is 0.961. The third-order valence-electron chi connectivity index (χ3n) is 3.17. The predicted molar refractivity (Wildman–Crippen MR) is 69.8 cm³/mol. The van der Waals surface area contributed by atoms with Crippen LogP contribution in [-0.2, 0) is 12.8 Å². The monoisotopic (exact) mass is 224 g/mol. The van der Waals surface area contributed by atoms with E-state index in [-0.39, 0.29) is 0 Å². The molecule has 0 unspecified atom stereocenters. The Balaban J connectivity index is 1.57. The molecule has 1 aliphatic carbocycles. The van der Waals surface area contributed by atoms with E-state index >= 15 is 0 Å². The average Bonchev–Trinajstić information content (AvgIpc) is 3.02. The Bertz CT molecular complexity index is 477. The Morgan fingerprint density at radius 1 is 0.824 bits per heavy atom. The van der Waals surface area contributed by atoms with Crippen LogP contribution in [0.3, 0.4) is 0 Å². The zero-order valence-electron chi connectivity index (χ0n) is 9.74. The summed E-state index contributed by atoms with van der Waals surface area (Å²) in [4.78, 5) is 6.51. The third kappa shape index (κ3) is 2.41. The van der Waals surface area contributed by atoms with E-state index in [9.17, 15) is 0 Å². The first-order valence-electron chi connectivity index (χ1n) is 6.02. The summed E-state index contributed by atoms with van der Waals surface area (Å²) in [6.45, 7) is 0. The molecule has 2 heterocycles. The van der Waals surface area contributed by atoms with E-state index in [4.69, 9.17) is 0 Å². The first kappa shape index (κ1) is 10.2. The van der Waals surface area contributed by atoms with Crippen molar-refractivity contribution in [3.63, 3.8) is 0 Å². The molecule has 2 aromatic rings. The second kappa shape index (κ2) is 4.50. The summed E-state index contributed by atoms with van der Waals surface area (Å²) in [5.41, 5.74) is 5.58. The normalized spacial score (nSPS) is 14.8. The molecule has 0 amide bonds. The van der Waals surface area contributed by atoms with Crippen LogP contribution in [0.4, 0.5) is 0 Å². The van der Waals surface area contributed by atoms with Crippen LogP contribution < -0.4 is 0 Å². The molecule has 2 heteroatoms. The number of H-pyrrole nitrogens is 2. The number of nitrogens with one attached hydrogen (secondary N) is 2. The molecule has 3 rings (SSSR count). The molecule has 0 bridgehead atoms. The van der Waals surface area contributed by atoms with E-state index < -0.39 is 0 Å². The Morgan fingerprint density at radius 2 is 1.35 bits per heavy atom. The van der Waals surface area contributed by atoms with Crippen molar-refractivity contribution in [2.24, 2.45) is 0 Å². The van der Waals surface area contributed by atoms with Crippen molar-refractivity contribution in [2.75, 3.05) is 0 Å². The van der Waals surface area contributed by atoms with E-state index in [0.717, 1.165) is 19.3 Å². The van der Waals surface area contributed by atoms with Gasteiger partial charge in [0.1, 0.15) is 0 Å². The highest BCUT2D eigenvalue weighted by molar-refractivity contribution is 5.35. The van der Waals surface area contributed by atoms with Crippen LogP contribution in [0.25, 0.3) is 0 Å². The van der Waals surface area contributed by atoms with Gasteiger partial charge in [-0.1, -0.05) is 23.3 Å². The molecule has 1 aliphatic rings. The smallest absolute Gasteiger partial charge is 0.0188 e. The second-order valence-corrected chi connectivity index (χ2v) is 4.57. The van der Waals surface area contributed by atoms with Crippen LogP contribution in [-0.4, -0.2) is 9.97 Å². The SMILES string of the molecule is C1=C(Cc2ccc[nH]2)CC(Cc2ccc[nH]2)=C1. The van der Waals surface area contributed by atoms with Crippen LogP contribution in [0, 0.1) is 0 Å². The maximum Gasteiger partial charge on any atom is 0.0188 e. The first-order chi connectivity index (χ1) is 8.40. The average molecular weight is 224 g/mol. The number of allylic oxidation sites excluding steroid dienone is 4. The van der Waals surface area contributed by atoms with Gasteiger partial charge in [-0.2, -0.15) is 0 Å². The quantitative estimate of drug-likeness (QED) is 0.798. The van der Waals surface area contributed by atoms with Crippen LogP contribution in [0.5, 0.6) is 0 Å². The first-order valence-corrected chi connectivity index (χ1v) is 6.02. The van der Waals surface area contributed by atoms with Crippen LogP contribution in [0.2, 0.25) is 0 Å². The van der Waals surface area contributed by atoms with E-state index in [1.54, 1.807) is 0 Å². The summed E-state index contributed by atoms with van der Waals surface area (Å²) in [5, 5.41) is 0. The lowest BCUT2D eigenvalue weighted by Crippen LogP contribution is -1.92. The summed E-state index contributed by atoms with van der Waals surface area (Å²) in [6, 6.07) is 8.39. The zero-order valence-corrected chi connectivity index (χ0v) is 9.74. The van der Waals surface area contributed by atoms with Gasteiger partial charge in [0, 0.05) is 36.6 Å². The number of rotatable bonds is 4. The van der Waals surface area contributed by atoms with Crippen molar-refractivity contribution in [2.45, 2.75) is 19.3 Å². The maximum absolute atomic E-state index is 3.25. The number of aromatic amines is 2. The minimum Gasteiger partial charge on any atom is -0.365 e. The minimum absolute atomic E-state index is 1.04. The van der Waals surface area contributed by atoms with E-state index in [1.807, 2.05) is 12.4 Å². The summed E-state index contributed by atoms with van der Waals surface area (Å²) >= 11 is 0. The molecule has 0 spiro atoms. The van der Waals surface area contributed by atoms with Gasteiger partial charge in [0.05, 0.1) is 0 Å². The Morgan fingerprint density at radius 3 is 1.76 bits per heavy atom. The predicted octanol–water partition coefficient (Wildman–Crippen LogP) is 3.38. The summed E-state index contributed by atoms with van der Waals surface area (Å²) in [5.74, 6) is 0. The van der Waals surface area contributed by atoms with Crippen molar-refractivity contribution in [3.05, 3.63) is 71.3 Å². The topological polar surface area (TPSA) is 31.6 Å². The number of hydrogen-bond donors (Lipinski definition) is 2. The molecule has 0 fully saturated rings. The van der Waals surface area contributed by atoms with Gasteiger partial charge in [-0.05, 0) is 30.7 Å². The molecule has 0 aromatic carbocycles. The van der Waals surface area contributed by atoms with Crippen LogP contribution in [0.15, 0.2) is 60.0 Å². The van der Waals surface area contributed by atoms with Crippen LogP contribution >= 0.6 is 0 Å². The Kier molecular flexibility index (Phi) is 2.70. The number of aromatic nitrogens is 2. The van der Waals surface area contributed by atoms with Gasteiger partial charge < -0.3 is 9.97 Å². The van der Waals surface area contributed by atoms with Gasteiger partial charge in [-0.15, -0.1) is 0 Å². The van der Waals surface area contributed by atoms with E-state index in [2.05, 4.69) is 46.4 Å². The van der Waals surface area contributed by atoms with Crippen molar-refractivity contribution >= 4 is 0 Å². The third-order valence-corrected chi connectivity index (χ3v) is 3.17. The molecule has 0 radical (unpaired) electrons. The molecular weight excluding hydrogens is 208 g/mol. The fourth-order valence-corrected chi connectivity index (χ4v) is 2.33. The van der Waals surface area contributed by atoms with Gasteiger partial charge >= 0.3 is 0 Å². The highest BCUT2D eigenvalue weighted by atomic mass is 14.7. The Hall–Kier alpha value is -1.96. The van der Waals surface area contributed by atoms with Crippen molar-refractivity contribution in [3.8, 4) is 0 Å². The van der Waals surface area contributed by atoms with E-state index in [0.29, 0.717) is 0 Å². The van der Waals surface area contributed by atoms with Gasteiger partial charge in [0.2, 0.25) is 0 Å². The van der Waals surface area contributed by atoms with Crippen molar-refractivity contribution < 1.29 is 0 Å².